The molecule has 2 aromatic carbocycles. The quantitative estimate of drug-likeness (QED) is 0.543. The Morgan fingerprint density at radius 2 is 1.58 bits per heavy atom. The number of unbranched alkanes of at least 4 members (excludes halogenated alkanes) is 1. The van der Waals surface area contributed by atoms with Gasteiger partial charge < -0.3 is 20.3 Å². The first-order valence-electron chi connectivity index (χ1n) is 11.7. The molecule has 7 heteroatoms. The number of hydrogen-bond acceptors (Lipinski definition) is 4. The van der Waals surface area contributed by atoms with Gasteiger partial charge in [-0.05, 0) is 55.7 Å². The van der Waals surface area contributed by atoms with Gasteiger partial charge in [0.15, 0.2) is 0 Å². The van der Waals surface area contributed by atoms with Crippen LogP contribution >= 0.6 is 0 Å². The molecule has 0 atom stereocenters. The monoisotopic (exact) mass is 451 g/mol. The van der Waals surface area contributed by atoms with Gasteiger partial charge in [-0.25, -0.2) is 0 Å². The van der Waals surface area contributed by atoms with Crippen LogP contribution < -0.4 is 15.4 Å². The minimum Gasteiger partial charge on any atom is -0.494 e. The second-order valence-corrected chi connectivity index (χ2v) is 8.21. The maximum atomic E-state index is 12.8. The summed E-state index contributed by atoms with van der Waals surface area (Å²) in [5.74, 6) is 0.461. The summed E-state index contributed by atoms with van der Waals surface area (Å²) in [6.45, 7) is 4.65. The van der Waals surface area contributed by atoms with Crippen molar-refractivity contribution in [2.75, 3.05) is 32.8 Å². The smallest absolute Gasteiger partial charge is 0.253 e. The van der Waals surface area contributed by atoms with Gasteiger partial charge in [0.2, 0.25) is 5.91 Å². The fourth-order valence-electron chi connectivity index (χ4n) is 3.75. The molecule has 0 aliphatic carbocycles. The zero-order valence-corrected chi connectivity index (χ0v) is 19.2. The first-order valence-corrected chi connectivity index (χ1v) is 11.7. The van der Waals surface area contributed by atoms with Crippen LogP contribution in [0.2, 0.25) is 0 Å². The minimum absolute atomic E-state index is 0.0161. The van der Waals surface area contributed by atoms with Gasteiger partial charge >= 0.3 is 0 Å². The average molecular weight is 452 g/mol. The third-order valence-electron chi connectivity index (χ3n) is 5.77. The third kappa shape index (κ3) is 7.34. The number of ether oxygens (including phenoxy) is 1. The number of benzene rings is 2. The van der Waals surface area contributed by atoms with Crippen molar-refractivity contribution in [3.05, 3.63) is 65.7 Å². The molecule has 1 aliphatic heterocycles. The molecule has 0 radical (unpaired) electrons. The van der Waals surface area contributed by atoms with Gasteiger partial charge in [0.1, 0.15) is 5.75 Å². The Kier molecular flexibility index (Phi) is 9.30. The van der Waals surface area contributed by atoms with Crippen molar-refractivity contribution in [2.45, 2.75) is 32.6 Å². The van der Waals surface area contributed by atoms with Gasteiger partial charge in [0.05, 0.1) is 6.61 Å². The largest absolute Gasteiger partial charge is 0.494 e. The van der Waals surface area contributed by atoms with Crippen LogP contribution in [0, 0.1) is 5.92 Å². The highest BCUT2D eigenvalue weighted by molar-refractivity contribution is 5.95. The zero-order chi connectivity index (χ0) is 23.5. The van der Waals surface area contributed by atoms with Crippen molar-refractivity contribution in [2.24, 2.45) is 5.92 Å². The van der Waals surface area contributed by atoms with Gasteiger partial charge in [0, 0.05) is 43.2 Å². The Labute approximate surface area is 195 Å². The number of hydrogen-bond donors (Lipinski definition) is 2. The third-order valence-corrected chi connectivity index (χ3v) is 5.77. The normalized spacial score (nSPS) is 13.9. The van der Waals surface area contributed by atoms with E-state index < -0.39 is 0 Å². The number of piperidine rings is 1. The molecule has 3 rings (SSSR count). The Morgan fingerprint density at radius 1 is 0.909 bits per heavy atom. The van der Waals surface area contributed by atoms with E-state index in [0.29, 0.717) is 56.8 Å². The van der Waals surface area contributed by atoms with E-state index in [1.165, 1.54) is 0 Å². The van der Waals surface area contributed by atoms with E-state index in [1.54, 1.807) is 29.2 Å². The van der Waals surface area contributed by atoms with Gasteiger partial charge in [-0.3, -0.25) is 14.4 Å². The predicted octanol–water partition coefficient (Wildman–Crippen LogP) is 3.26. The molecule has 0 bridgehead atoms. The Morgan fingerprint density at radius 3 is 2.24 bits per heavy atom. The van der Waals surface area contributed by atoms with E-state index in [-0.39, 0.29) is 23.6 Å². The summed E-state index contributed by atoms with van der Waals surface area (Å²) >= 11 is 0. The van der Waals surface area contributed by atoms with Crippen molar-refractivity contribution in [3.63, 3.8) is 0 Å². The molecule has 0 unspecified atom stereocenters. The average Bonchev–Trinajstić information content (AvgIpc) is 2.87. The molecule has 2 N–H and O–H groups in total. The standard InChI is InChI=1S/C26H33N3O4/c1-2-3-19-33-23-11-9-22(10-12-23)26(32)29-17-13-21(14-18-29)25(31)28-16-15-27-24(30)20-7-5-4-6-8-20/h4-12,21H,2-3,13-19H2,1H3,(H,27,30)(H,28,31). The maximum absolute atomic E-state index is 12.8. The Balaban J connectivity index is 1.36. The molecule has 1 heterocycles. The first kappa shape index (κ1) is 24.3. The summed E-state index contributed by atoms with van der Waals surface area (Å²) in [6.07, 6.45) is 3.35. The number of amides is 3. The Bertz CT molecular complexity index is 907. The molecule has 1 aliphatic rings. The molecule has 33 heavy (non-hydrogen) atoms. The van der Waals surface area contributed by atoms with Gasteiger partial charge in [-0.2, -0.15) is 0 Å². The molecule has 7 nitrogen and oxygen atoms in total. The van der Waals surface area contributed by atoms with Crippen LogP contribution in [0.1, 0.15) is 53.3 Å². The van der Waals surface area contributed by atoms with Crippen molar-refractivity contribution >= 4 is 17.7 Å². The summed E-state index contributed by atoms with van der Waals surface area (Å²) in [6, 6.07) is 16.2. The van der Waals surface area contributed by atoms with E-state index in [2.05, 4.69) is 17.6 Å². The highest BCUT2D eigenvalue weighted by Gasteiger charge is 2.27. The predicted molar refractivity (Wildman–Crippen MR) is 127 cm³/mol. The summed E-state index contributed by atoms with van der Waals surface area (Å²) in [5, 5.41) is 5.69. The molecule has 2 aromatic rings. The fourth-order valence-corrected chi connectivity index (χ4v) is 3.75. The Hall–Kier alpha value is -3.35. The molecular formula is C26H33N3O4. The lowest BCUT2D eigenvalue weighted by Gasteiger charge is -2.31. The van der Waals surface area contributed by atoms with Gasteiger partial charge in [-0.15, -0.1) is 0 Å². The second-order valence-electron chi connectivity index (χ2n) is 8.21. The molecular weight excluding hydrogens is 418 g/mol. The molecule has 0 aromatic heterocycles. The summed E-state index contributed by atoms with van der Waals surface area (Å²) in [7, 11) is 0. The number of carbonyl (C=O) groups is 3. The van der Waals surface area contributed by atoms with Crippen LogP contribution in [0.4, 0.5) is 0 Å². The van der Waals surface area contributed by atoms with Crippen molar-refractivity contribution in [1.82, 2.24) is 15.5 Å². The van der Waals surface area contributed by atoms with E-state index in [9.17, 15) is 14.4 Å². The molecule has 0 saturated carbocycles. The molecule has 0 spiro atoms. The minimum atomic E-state index is -0.155. The first-order chi connectivity index (χ1) is 16.1. The lowest BCUT2D eigenvalue weighted by atomic mass is 9.95. The summed E-state index contributed by atoms with van der Waals surface area (Å²) < 4.78 is 5.65. The molecule has 1 saturated heterocycles. The van der Waals surface area contributed by atoms with Gasteiger partial charge in [0.25, 0.3) is 11.8 Å². The van der Waals surface area contributed by atoms with Gasteiger partial charge in [-0.1, -0.05) is 31.5 Å². The lowest BCUT2D eigenvalue weighted by Crippen LogP contribution is -2.44. The van der Waals surface area contributed by atoms with E-state index >= 15 is 0 Å². The second kappa shape index (κ2) is 12.6. The van der Waals surface area contributed by atoms with Crippen LogP contribution in [0.25, 0.3) is 0 Å². The maximum Gasteiger partial charge on any atom is 0.253 e. The lowest BCUT2D eigenvalue weighted by molar-refractivity contribution is -0.126. The highest BCUT2D eigenvalue weighted by atomic mass is 16.5. The molecule has 3 amide bonds. The van der Waals surface area contributed by atoms with Crippen LogP contribution in [-0.4, -0.2) is 55.4 Å². The van der Waals surface area contributed by atoms with Crippen LogP contribution in [0.3, 0.4) is 0 Å². The zero-order valence-electron chi connectivity index (χ0n) is 19.2. The summed E-state index contributed by atoms with van der Waals surface area (Å²) in [4.78, 5) is 39.1. The van der Waals surface area contributed by atoms with E-state index in [4.69, 9.17) is 4.74 Å². The van der Waals surface area contributed by atoms with Crippen molar-refractivity contribution < 1.29 is 19.1 Å². The number of likely N-dealkylation sites (tertiary alicyclic amines) is 1. The molecule has 1 fully saturated rings. The van der Waals surface area contributed by atoms with Crippen molar-refractivity contribution in [1.29, 1.82) is 0 Å². The number of nitrogens with one attached hydrogen (secondary N) is 2. The SMILES string of the molecule is CCCCOc1ccc(C(=O)N2CCC(C(=O)NCCNC(=O)c3ccccc3)CC2)cc1. The van der Waals surface area contributed by atoms with Crippen LogP contribution in [0.5, 0.6) is 5.75 Å². The van der Waals surface area contributed by atoms with E-state index in [0.717, 1.165) is 18.6 Å². The van der Waals surface area contributed by atoms with Crippen molar-refractivity contribution in [3.8, 4) is 5.75 Å². The number of nitrogens with zero attached hydrogens (tertiary/aromatic N) is 1. The molecule has 176 valence electrons. The van der Waals surface area contributed by atoms with Crippen LogP contribution in [-0.2, 0) is 4.79 Å². The van der Waals surface area contributed by atoms with Crippen LogP contribution in [0.15, 0.2) is 54.6 Å². The van der Waals surface area contributed by atoms with E-state index in [1.807, 2.05) is 30.3 Å². The summed E-state index contributed by atoms with van der Waals surface area (Å²) in [5.41, 5.74) is 1.23. The highest BCUT2D eigenvalue weighted by Crippen LogP contribution is 2.20. The topological polar surface area (TPSA) is 87.7 Å². The fraction of sp³-hybridized carbons (Fsp3) is 0.423. The number of rotatable bonds is 10. The number of carbonyl (C=O) groups excluding carboxylic acids is 3.